The molecule has 6 nitrogen and oxygen atoms in total. The molecule has 4 rings (SSSR count). The van der Waals surface area contributed by atoms with Crippen LogP contribution in [0.1, 0.15) is 44.4 Å². The van der Waals surface area contributed by atoms with E-state index in [0.717, 1.165) is 16.3 Å². The number of amides is 1. The number of carbonyl (C=O) groups is 1. The molecule has 16 heteroatoms. The zero-order valence-corrected chi connectivity index (χ0v) is 20.8. The summed E-state index contributed by atoms with van der Waals surface area (Å²) < 4.78 is 93.3. The lowest BCUT2D eigenvalue weighted by molar-refractivity contribution is -0.348. The topological polar surface area (TPSA) is 92.3 Å². The van der Waals surface area contributed by atoms with Gasteiger partial charge in [0, 0.05) is 16.7 Å². The number of nitrogens with zero attached hydrogens (tertiary/aromatic N) is 4. The van der Waals surface area contributed by atoms with Crippen LogP contribution in [-0.2, 0) is 5.67 Å². The fourth-order valence-electron chi connectivity index (χ4n) is 3.77. The van der Waals surface area contributed by atoms with E-state index in [4.69, 9.17) is 23.2 Å². The van der Waals surface area contributed by atoms with E-state index in [0.29, 0.717) is 17.7 Å². The van der Waals surface area contributed by atoms with Crippen molar-refractivity contribution in [2.24, 2.45) is 5.10 Å². The van der Waals surface area contributed by atoms with E-state index in [1.165, 1.54) is 12.3 Å². The molecule has 1 aliphatic carbocycles. The molecule has 1 atom stereocenters. The quantitative estimate of drug-likeness (QED) is 0.393. The maximum absolute atomic E-state index is 14.5. The third kappa shape index (κ3) is 4.65. The maximum Gasteiger partial charge on any atom is 0.435 e. The van der Waals surface area contributed by atoms with Gasteiger partial charge in [0.15, 0.2) is 0 Å². The molecule has 1 aromatic heterocycles. The van der Waals surface area contributed by atoms with Crippen molar-refractivity contribution in [3.8, 4) is 12.1 Å². The third-order valence-corrected chi connectivity index (χ3v) is 7.74. The zero-order chi connectivity index (χ0) is 28.3. The van der Waals surface area contributed by atoms with E-state index < -0.39 is 51.0 Å². The number of nitriles is 2. The molecular weight excluding hydrogens is 586 g/mol. The van der Waals surface area contributed by atoms with E-state index in [9.17, 15) is 46.1 Å². The molecule has 2 aromatic rings. The van der Waals surface area contributed by atoms with Crippen LogP contribution in [0.4, 0.5) is 36.4 Å². The lowest BCUT2D eigenvalue weighted by Gasteiger charge is -2.31. The Bertz CT molecular complexity index is 1380. The van der Waals surface area contributed by atoms with Crippen LogP contribution in [-0.4, -0.2) is 36.6 Å². The summed E-state index contributed by atoms with van der Waals surface area (Å²) in [7, 11) is 0. The normalized spacial score (nSPS) is 18.7. The van der Waals surface area contributed by atoms with E-state index in [1.54, 1.807) is 0 Å². The van der Waals surface area contributed by atoms with Gasteiger partial charge in [-0.15, -0.1) is 11.3 Å². The predicted octanol–water partition coefficient (Wildman–Crippen LogP) is 6.59. The molecule has 0 radical (unpaired) electrons. The van der Waals surface area contributed by atoms with Gasteiger partial charge in [-0.2, -0.15) is 42.0 Å². The molecule has 2 aliphatic rings. The van der Waals surface area contributed by atoms with Crippen LogP contribution in [0.3, 0.4) is 0 Å². The molecule has 1 unspecified atom stereocenters. The van der Waals surface area contributed by atoms with Crippen molar-refractivity contribution in [3.05, 3.63) is 49.1 Å². The van der Waals surface area contributed by atoms with Crippen LogP contribution in [0.25, 0.3) is 0 Å². The average molecular weight is 598 g/mol. The van der Waals surface area contributed by atoms with Gasteiger partial charge in [0.2, 0.25) is 0 Å². The summed E-state index contributed by atoms with van der Waals surface area (Å²) >= 11 is 12.9. The SMILES string of the molecule is N#Cc1sc(C2C=NN(c3c(Cl)cc(C(F)(C(F)(F)F)C(F)(F)F)cc3Cl)C2)cc1C(=O)NC1(C#N)CC1. The Kier molecular flexibility index (Phi) is 6.83. The van der Waals surface area contributed by atoms with Gasteiger partial charge in [0.05, 0.1) is 39.8 Å². The molecule has 200 valence electrons. The first-order valence-corrected chi connectivity index (χ1v) is 12.1. The lowest BCUT2D eigenvalue weighted by atomic mass is 9.94. The number of thiophene rings is 1. The number of nitrogens with one attached hydrogen (secondary N) is 1. The van der Waals surface area contributed by atoms with E-state index in [-0.39, 0.29) is 34.8 Å². The molecule has 1 aromatic carbocycles. The second-order valence-corrected chi connectivity index (χ2v) is 10.4. The van der Waals surface area contributed by atoms with Gasteiger partial charge in [0.25, 0.3) is 5.91 Å². The predicted molar refractivity (Wildman–Crippen MR) is 124 cm³/mol. The highest BCUT2D eigenvalue weighted by molar-refractivity contribution is 7.13. The zero-order valence-electron chi connectivity index (χ0n) is 18.5. The molecule has 38 heavy (non-hydrogen) atoms. The van der Waals surface area contributed by atoms with Crippen LogP contribution in [0.5, 0.6) is 0 Å². The van der Waals surface area contributed by atoms with Crippen molar-refractivity contribution in [1.29, 1.82) is 10.5 Å². The largest absolute Gasteiger partial charge is 0.435 e. The summed E-state index contributed by atoms with van der Waals surface area (Å²) in [4.78, 5) is 13.2. The Labute approximate surface area is 223 Å². The van der Waals surface area contributed by atoms with Gasteiger partial charge in [-0.05, 0) is 31.0 Å². The number of hydrogen-bond acceptors (Lipinski definition) is 6. The van der Waals surface area contributed by atoms with Gasteiger partial charge in [-0.3, -0.25) is 9.80 Å². The minimum Gasteiger partial charge on any atom is -0.334 e. The van der Waals surface area contributed by atoms with Gasteiger partial charge >= 0.3 is 18.0 Å². The van der Waals surface area contributed by atoms with Crippen molar-refractivity contribution in [2.75, 3.05) is 11.6 Å². The number of hydrogen-bond donors (Lipinski definition) is 1. The van der Waals surface area contributed by atoms with Gasteiger partial charge in [0.1, 0.15) is 16.5 Å². The van der Waals surface area contributed by atoms with Crippen LogP contribution < -0.4 is 10.3 Å². The Morgan fingerprint density at radius 2 is 1.66 bits per heavy atom. The highest BCUT2D eigenvalue weighted by Crippen LogP contribution is 2.55. The summed E-state index contributed by atoms with van der Waals surface area (Å²) in [5.41, 5.74) is -8.74. The maximum atomic E-state index is 14.5. The molecule has 0 spiro atoms. The number of benzene rings is 1. The standard InChI is InChI=1S/C22H12Cl2F7N5OS/c23-13-3-11(20(25,21(26,27)28)22(29,30)31)4-14(24)17(13)36-8-10(7-34-36)15-5-12(16(6-32)38-15)18(37)35-19(9-33)1-2-19/h3-5,7,10H,1-2,8H2,(H,35,37). The number of halogens is 9. The van der Waals surface area contributed by atoms with Crippen molar-refractivity contribution in [1.82, 2.24) is 5.32 Å². The van der Waals surface area contributed by atoms with E-state index in [1.807, 2.05) is 12.1 Å². The van der Waals surface area contributed by atoms with Crippen molar-refractivity contribution < 1.29 is 35.5 Å². The summed E-state index contributed by atoms with van der Waals surface area (Å²) in [5.74, 6) is -1.18. The average Bonchev–Trinajstić information content (AvgIpc) is 3.22. The monoisotopic (exact) mass is 597 g/mol. The fraction of sp³-hybridized carbons (Fsp3) is 0.364. The summed E-state index contributed by atoms with van der Waals surface area (Å²) in [6.07, 6.45) is -10.4. The molecule has 1 amide bonds. The molecule has 1 N–H and O–H groups in total. The smallest absolute Gasteiger partial charge is 0.334 e. The van der Waals surface area contributed by atoms with Crippen LogP contribution in [0.2, 0.25) is 10.0 Å². The molecule has 1 saturated carbocycles. The second kappa shape index (κ2) is 9.29. The number of alkyl halides is 7. The Hall–Kier alpha value is -3.07. The Morgan fingerprint density at radius 3 is 2.13 bits per heavy atom. The van der Waals surface area contributed by atoms with Gasteiger partial charge < -0.3 is 5.32 Å². The van der Waals surface area contributed by atoms with Crippen LogP contribution in [0.15, 0.2) is 23.3 Å². The highest BCUT2D eigenvalue weighted by atomic mass is 35.5. The number of hydrazone groups is 1. The van der Waals surface area contributed by atoms with E-state index >= 15 is 0 Å². The van der Waals surface area contributed by atoms with Crippen LogP contribution in [0, 0.1) is 22.7 Å². The van der Waals surface area contributed by atoms with Crippen molar-refractivity contribution in [3.63, 3.8) is 0 Å². The minimum absolute atomic E-state index is 0.0416. The first-order chi connectivity index (χ1) is 17.6. The van der Waals surface area contributed by atoms with Crippen molar-refractivity contribution in [2.45, 2.75) is 42.3 Å². The van der Waals surface area contributed by atoms with Crippen LogP contribution >= 0.6 is 34.5 Å². The Balaban J connectivity index is 1.60. The summed E-state index contributed by atoms with van der Waals surface area (Å²) in [6, 6.07) is 5.73. The number of rotatable bonds is 5. The van der Waals surface area contributed by atoms with Gasteiger partial charge in [-0.25, -0.2) is 4.39 Å². The molecule has 2 heterocycles. The number of anilines is 1. The van der Waals surface area contributed by atoms with Gasteiger partial charge in [-0.1, -0.05) is 23.2 Å². The molecule has 0 bridgehead atoms. The molecule has 1 aliphatic heterocycles. The third-order valence-electron chi connectivity index (χ3n) is 5.99. The number of carbonyl (C=O) groups excluding carboxylic acids is 1. The van der Waals surface area contributed by atoms with E-state index in [2.05, 4.69) is 10.4 Å². The molecular formula is C22H12Cl2F7N5OS. The van der Waals surface area contributed by atoms with Crippen molar-refractivity contribution >= 4 is 52.3 Å². The molecule has 0 saturated heterocycles. The Morgan fingerprint density at radius 1 is 1.08 bits per heavy atom. The fourth-order valence-corrected chi connectivity index (χ4v) is 5.46. The molecule has 1 fully saturated rings. The highest BCUT2D eigenvalue weighted by Gasteiger charge is 2.73. The lowest BCUT2D eigenvalue weighted by Crippen LogP contribution is -2.50. The minimum atomic E-state index is -6.34. The summed E-state index contributed by atoms with van der Waals surface area (Å²) in [6.45, 7) is -0.0628. The first-order valence-electron chi connectivity index (χ1n) is 10.5. The first kappa shape index (κ1) is 28.0. The summed E-state index contributed by atoms with van der Waals surface area (Å²) in [5, 5.41) is 24.9. The second-order valence-electron chi connectivity index (χ2n) is 8.55.